The molecule has 8 heteroatoms. The van der Waals surface area contributed by atoms with Crippen molar-refractivity contribution in [2.24, 2.45) is 4.99 Å². The Morgan fingerprint density at radius 1 is 1.03 bits per heavy atom. The lowest BCUT2D eigenvalue weighted by atomic mass is 10.1. The number of guanidine groups is 1. The fourth-order valence-corrected chi connectivity index (χ4v) is 3.29. The van der Waals surface area contributed by atoms with Gasteiger partial charge in [0.2, 0.25) is 0 Å². The van der Waals surface area contributed by atoms with Gasteiger partial charge in [0.1, 0.15) is 0 Å². The maximum atomic E-state index is 12.2. The van der Waals surface area contributed by atoms with Crippen molar-refractivity contribution in [3.8, 4) is 5.69 Å². The Labute approximate surface area is 213 Å². The van der Waals surface area contributed by atoms with Crippen molar-refractivity contribution in [3.05, 3.63) is 83.7 Å². The van der Waals surface area contributed by atoms with Crippen LogP contribution in [0.15, 0.2) is 72.0 Å². The average molecular weight is 560 g/mol. The van der Waals surface area contributed by atoms with Crippen LogP contribution in [0.5, 0.6) is 0 Å². The zero-order valence-corrected chi connectivity index (χ0v) is 21.8. The molecule has 2 aromatic carbocycles. The Hall–Kier alpha value is -2.88. The minimum absolute atomic E-state index is 0. The maximum absolute atomic E-state index is 12.2. The van der Waals surface area contributed by atoms with Gasteiger partial charge in [0.25, 0.3) is 5.91 Å². The van der Waals surface area contributed by atoms with E-state index in [1.54, 1.807) is 19.0 Å². The summed E-state index contributed by atoms with van der Waals surface area (Å²) in [4.78, 5) is 18.4. The average Bonchev–Trinajstić information content (AvgIpc) is 3.28. The lowest BCUT2D eigenvalue weighted by molar-refractivity contribution is 0.0827. The van der Waals surface area contributed by atoms with Crippen molar-refractivity contribution in [1.29, 1.82) is 0 Å². The van der Waals surface area contributed by atoms with Crippen LogP contribution in [-0.2, 0) is 12.8 Å². The van der Waals surface area contributed by atoms with Crippen LogP contribution in [-0.4, -0.2) is 60.3 Å². The maximum Gasteiger partial charge on any atom is 0.253 e. The number of halogens is 1. The van der Waals surface area contributed by atoms with Gasteiger partial charge in [0.05, 0.1) is 11.9 Å². The number of hydrogen-bond donors (Lipinski definition) is 2. The van der Waals surface area contributed by atoms with Crippen molar-refractivity contribution in [2.75, 3.05) is 33.7 Å². The second-order valence-corrected chi connectivity index (χ2v) is 7.72. The van der Waals surface area contributed by atoms with Gasteiger partial charge in [-0.1, -0.05) is 30.3 Å². The third-order valence-corrected chi connectivity index (χ3v) is 4.96. The number of nitrogens with one attached hydrogen (secondary N) is 2. The van der Waals surface area contributed by atoms with Crippen molar-refractivity contribution in [2.45, 2.75) is 19.8 Å². The highest BCUT2D eigenvalue weighted by Crippen LogP contribution is 2.09. The second-order valence-electron chi connectivity index (χ2n) is 7.72. The van der Waals surface area contributed by atoms with E-state index in [1.165, 1.54) is 5.56 Å². The van der Waals surface area contributed by atoms with Crippen LogP contribution in [0.1, 0.15) is 28.4 Å². The number of amides is 1. The Morgan fingerprint density at radius 2 is 1.82 bits per heavy atom. The minimum atomic E-state index is 0. The molecule has 0 aliphatic heterocycles. The lowest BCUT2D eigenvalue weighted by Gasteiger charge is -2.12. The Kier molecular flexibility index (Phi) is 10.9. The summed E-state index contributed by atoms with van der Waals surface area (Å²) in [5, 5.41) is 11.1. The molecule has 176 valence electrons. The second kappa shape index (κ2) is 13.6. The zero-order valence-electron chi connectivity index (χ0n) is 19.5. The summed E-state index contributed by atoms with van der Waals surface area (Å²) in [6.45, 7) is 4.25. The van der Waals surface area contributed by atoms with Crippen molar-refractivity contribution >= 4 is 35.8 Å². The van der Waals surface area contributed by atoms with Crippen LogP contribution >= 0.6 is 24.0 Å². The van der Waals surface area contributed by atoms with Gasteiger partial charge in [-0.05, 0) is 55.2 Å². The molecule has 0 aliphatic carbocycles. The standard InChI is InChI=1S/C25H32N6O.HI/c1-4-26-25(27-15-13-20-9-8-10-22(17-20)24(32)30(2)3)28-16-14-21-18-29-31(19-21)23-11-6-5-7-12-23;/h5-12,17-19H,4,13-16H2,1-3H3,(H2,26,27,28);1H. The summed E-state index contributed by atoms with van der Waals surface area (Å²) in [6.07, 6.45) is 5.59. The summed E-state index contributed by atoms with van der Waals surface area (Å²) in [6, 6.07) is 17.8. The van der Waals surface area contributed by atoms with E-state index in [0.717, 1.165) is 43.1 Å². The number of aliphatic imine (C=N–C) groups is 1. The number of aromatic nitrogens is 2. The smallest absolute Gasteiger partial charge is 0.253 e. The molecule has 3 aromatic rings. The van der Waals surface area contributed by atoms with Gasteiger partial charge < -0.3 is 15.5 Å². The molecule has 1 aromatic heterocycles. The molecule has 0 bridgehead atoms. The first-order valence-electron chi connectivity index (χ1n) is 11.0. The zero-order chi connectivity index (χ0) is 22.8. The molecule has 33 heavy (non-hydrogen) atoms. The van der Waals surface area contributed by atoms with Crippen LogP contribution in [0.25, 0.3) is 5.69 Å². The molecule has 0 atom stereocenters. The fraction of sp³-hybridized carbons (Fsp3) is 0.320. The van der Waals surface area contributed by atoms with Gasteiger partial charge in [-0.2, -0.15) is 5.10 Å². The molecule has 0 aliphatic rings. The number of rotatable bonds is 9. The van der Waals surface area contributed by atoms with Crippen LogP contribution in [0, 0.1) is 0 Å². The van der Waals surface area contributed by atoms with E-state index in [0.29, 0.717) is 12.1 Å². The Bertz CT molecular complexity index is 1030. The number of carbonyl (C=O) groups is 1. The monoisotopic (exact) mass is 560 g/mol. The van der Waals surface area contributed by atoms with E-state index in [1.807, 2.05) is 65.5 Å². The first kappa shape index (κ1) is 26.4. The summed E-state index contributed by atoms with van der Waals surface area (Å²) >= 11 is 0. The molecule has 1 heterocycles. The predicted octanol–water partition coefficient (Wildman–Crippen LogP) is 3.53. The van der Waals surface area contributed by atoms with Gasteiger partial charge in [-0.15, -0.1) is 24.0 Å². The summed E-state index contributed by atoms with van der Waals surface area (Å²) < 4.78 is 1.89. The summed E-state index contributed by atoms with van der Waals surface area (Å²) in [5.41, 5.74) is 4.03. The molecule has 7 nitrogen and oxygen atoms in total. The highest BCUT2D eigenvalue weighted by Gasteiger charge is 2.08. The fourth-order valence-electron chi connectivity index (χ4n) is 3.29. The van der Waals surface area contributed by atoms with Gasteiger partial charge in [-0.25, -0.2) is 4.68 Å². The minimum Gasteiger partial charge on any atom is -0.357 e. The molecular formula is C25H33IN6O. The SMILES string of the molecule is CCNC(=NCCc1cccc(C(=O)N(C)C)c1)NCCc1cnn(-c2ccccc2)c1.I. The van der Waals surface area contributed by atoms with Gasteiger partial charge in [0, 0.05) is 45.5 Å². The molecule has 0 saturated carbocycles. The third-order valence-electron chi connectivity index (χ3n) is 4.96. The van der Waals surface area contributed by atoms with E-state index in [2.05, 4.69) is 33.8 Å². The van der Waals surface area contributed by atoms with E-state index < -0.39 is 0 Å². The Balaban J connectivity index is 0.00000385. The topological polar surface area (TPSA) is 74.6 Å². The van der Waals surface area contributed by atoms with E-state index in [-0.39, 0.29) is 29.9 Å². The van der Waals surface area contributed by atoms with Crippen molar-refractivity contribution in [1.82, 2.24) is 25.3 Å². The summed E-state index contributed by atoms with van der Waals surface area (Å²) in [7, 11) is 3.53. The van der Waals surface area contributed by atoms with Crippen molar-refractivity contribution < 1.29 is 4.79 Å². The number of hydrogen-bond acceptors (Lipinski definition) is 3. The normalized spacial score (nSPS) is 10.9. The molecule has 3 rings (SSSR count). The lowest BCUT2D eigenvalue weighted by Crippen LogP contribution is -2.38. The molecule has 0 radical (unpaired) electrons. The van der Waals surface area contributed by atoms with Gasteiger partial charge >= 0.3 is 0 Å². The van der Waals surface area contributed by atoms with E-state index in [9.17, 15) is 4.79 Å². The molecule has 0 saturated heterocycles. The quantitative estimate of drug-likeness (QED) is 0.239. The van der Waals surface area contributed by atoms with Crippen LogP contribution in [0.4, 0.5) is 0 Å². The van der Waals surface area contributed by atoms with Crippen LogP contribution < -0.4 is 10.6 Å². The molecule has 0 unspecified atom stereocenters. The van der Waals surface area contributed by atoms with Gasteiger partial charge in [0.15, 0.2) is 5.96 Å². The molecule has 2 N–H and O–H groups in total. The summed E-state index contributed by atoms with van der Waals surface area (Å²) in [5.74, 6) is 0.810. The van der Waals surface area contributed by atoms with Gasteiger partial charge in [-0.3, -0.25) is 9.79 Å². The van der Waals surface area contributed by atoms with Crippen molar-refractivity contribution in [3.63, 3.8) is 0 Å². The first-order valence-corrected chi connectivity index (χ1v) is 11.0. The largest absolute Gasteiger partial charge is 0.357 e. The number of carbonyl (C=O) groups excluding carboxylic acids is 1. The number of benzene rings is 2. The third kappa shape index (κ3) is 8.20. The van der Waals surface area contributed by atoms with Crippen LogP contribution in [0.2, 0.25) is 0 Å². The molecule has 0 fully saturated rings. The Morgan fingerprint density at radius 3 is 2.55 bits per heavy atom. The number of nitrogens with zero attached hydrogens (tertiary/aromatic N) is 4. The van der Waals surface area contributed by atoms with E-state index in [4.69, 9.17) is 0 Å². The highest BCUT2D eigenvalue weighted by molar-refractivity contribution is 14.0. The first-order chi connectivity index (χ1) is 15.6. The molecular weight excluding hydrogens is 527 g/mol. The molecule has 0 spiro atoms. The predicted molar refractivity (Wildman–Crippen MR) is 145 cm³/mol. The molecule has 1 amide bonds. The highest BCUT2D eigenvalue weighted by atomic mass is 127. The van der Waals surface area contributed by atoms with E-state index >= 15 is 0 Å². The number of para-hydroxylation sites is 1. The van der Waals surface area contributed by atoms with Crippen LogP contribution in [0.3, 0.4) is 0 Å².